The number of aliphatic hydroxyl groups is 1. The van der Waals surface area contributed by atoms with E-state index >= 15 is 0 Å². The third-order valence-corrected chi connectivity index (χ3v) is 6.70. The lowest BCUT2D eigenvalue weighted by Gasteiger charge is -2.37. The Bertz CT molecular complexity index is 1200. The summed E-state index contributed by atoms with van der Waals surface area (Å²) in [5.74, 6) is -2.10. The number of halogens is 3. The van der Waals surface area contributed by atoms with Crippen molar-refractivity contribution in [2.24, 2.45) is 0 Å². The number of nitrogens with one attached hydrogen (secondary N) is 1. The molecule has 0 aliphatic rings. The molecular formula is C29H37F3N2O6. The van der Waals surface area contributed by atoms with E-state index in [1.165, 1.54) is 43.0 Å². The molecule has 0 bridgehead atoms. The number of ether oxygens (including phenoxy) is 2. The molecule has 1 heterocycles. The summed E-state index contributed by atoms with van der Waals surface area (Å²) in [6.45, 7) is 7.32. The fourth-order valence-electron chi connectivity index (χ4n) is 4.31. The van der Waals surface area contributed by atoms with Crippen LogP contribution in [0.5, 0.6) is 0 Å². The van der Waals surface area contributed by atoms with Crippen molar-refractivity contribution in [3.63, 3.8) is 0 Å². The van der Waals surface area contributed by atoms with Gasteiger partial charge in [0.15, 0.2) is 0 Å². The van der Waals surface area contributed by atoms with Crippen LogP contribution >= 0.6 is 0 Å². The van der Waals surface area contributed by atoms with Crippen LogP contribution in [0, 0.1) is 10.1 Å². The first-order valence-electron chi connectivity index (χ1n) is 12.9. The number of nitrogens with zero attached hydrogens (tertiary/aromatic N) is 1. The number of nitro groups is 1. The Morgan fingerprint density at radius 3 is 2.33 bits per heavy atom. The van der Waals surface area contributed by atoms with Crippen LogP contribution in [0.15, 0.2) is 65.9 Å². The van der Waals surface area contributed by atoms with Crippen molar-refractivity contribution in [2.75, 3.05) is 7.11 Å². The smallest absolute Gasteiger partial charge is 0.432 e. The van der Waals surface area contributed by atoms with E-state index in [4.69, 9.17) is 9.47 Å². The summed E-state index contributed by atoms with van der Waals surface area (Å²) in [5.41, 5.74) is -3.18. The molecule has 220 valence electrons. The van der Waals surface area contributed by atoms with Crippen LogP contribution in [0.1, 0.15) is 64.5 Å². The molecule has 3 atom stereocenters. The van der Waals surface area contributed by atoms with E-state index in [1.807, 2.05) is 26.8 Å². The van der Waals surface area contributed by atoms with Gasteiger partial charge in [-0.1, -0.05) is 53.6 Å². The van der Waals surface area contributed by atoms with Crippen LogP contribution in [-0.2, 0) is 26.3 Å². The fourth-order valence-corrected chi connectivity index (χ4v) is 4.31. The van der Waals surface area contributed by atoms with Crippen LogP contribution in [-0.4, -0.2) is 46.0 Å². The van der Waals surface area contributed by atoms with Crippen molar-refractivity contribution in [2.45, 2.75) is 83.3 Å². The van der Waals surface area contributed by atoms with Gasteiger partial charge >= 0.3 is 18.0 Å². The minimum atomic E-state index is -5.20. The molecule has 1 aromatic carbocycles. The molecule has 1 aromatic heterocycles. The summed E-state index contributed by atoms with van der Waals surface area (Å²) in [5, 5.41) is 22.5. The van der Waals surface area contributed by atoms with E-state index in [1.54, 1.807) is 0 Å². The van der Waals surface area contributed by atoms with Gasteiger partial charge in [-0.3, -0.25) is 0 Å². The molecule has 0 saturated carbocycles. The first kappa shape index (κ1) is 32.8. The maximum absolute atomic E-state index is 14.4. The SMILES string of the molecule is CO[C@](C(=O)O[C@H](Cc1c[nH]c([N+](=O)[O-])c1)[C@@](C)(O)CC/C=C(\C)CCC=C(C)C)(c1ccccc1)C(F)(F)F. The number of esters is 1. The fraction of sp³-hybridized carbons (Fsp3) is 0.483. The number of methoxy groups -OCH3 is 1. The Kier molecular flexibility index (Phi) is 11.3. The van der Waals surface area contributed by atoms with Gasteiger partial charge in [0.1, 0.15) is 6.10 Å². The predicted octanol–water partition coefficient (Wildman–Crippen LogP) is 6.71. The summed E-state index contributed by atoms with van der Waals surface area (Å²) < 4.78 is 53.6. The zero-order valence-corrected chi connectivity index (χ0v) is 23.4. The summed E-state index contributed by atoms with van der Waals surface area (Å²) in [7, 11) is 0.757. The van der Waals surface area contributed by atoms with Crippen molar-refractivity contribution >= 4 is 11.8 Å². The normalized spacial score (nSPS) is 16.0. The minimum Gasteiger partial charge on any atom is -0.456 e. The van der Waals surface area contributed by atoms with E-state index < -0.39 is 39.9 Å². The Balaban J connectivity index is 2.39. The van der Waals surface area contributed by atoms with Crippen LogP contribution in [0.4, 0.5) is 19.0 Å². The third-order valence-electron chi connectivity index (χ3n) is 6.70. The topological polar surface area (TPSA) is 115 Å². The van der Waals surface area contributed by atoms with Gasteiger partial charge in [-0.15, -0.1) is 0 Å². The highest BCUT2D eigenvalue weighted by atomic mass is 19.4. The summed E-state index contributed by atoms with van der Waals surface area (Å²) in [6, 6.07) is 7.54. The molecule has 2 aromatic rings. The van der Waals surface area contributed by atoms with Crippen molar-refractivity contribution in [3.05, 3.63) is 87.1 Å². The zero-order valence-electron chi connectivity index (χ0n) is 23.4. The number of rotatable bonds is 14. The monoisotopic (exact) mass is 566 g/mol. The Morgan fingerprint density at radius 2 is 1.80 bits per heavy atom. The third kappa shape index (κ3) is 8.28. The predicted molar refractivity (Wildman–Crippen MR) is 144 cm³/mol. The Morgan fingerprint density at radius 1 is 1.15 bits per heavy atom. The van der Waals surface area contributed by atoms with Crippen LogP contribution in [0.3, 0.4) is 0 Å². The standard InChI is InChI=1S/C29H37F3N2O6/c1-20(2)11-9-12-21(3)13-10-16-27(4,36)24(17-22-18-25(33-19-22)34(37)38)40-26(35)28(39-5,29(30,31)32)23-14-7-6-8-15-23/h6-8,11,13-15,18-19,24,33,36H,9-10,12,16-17H2,1-5H3/b21-13+/t24-,27+,28+/m1/s1. The molecule has 0 saturated heterocycles. The van der Waals surface area contributed by atoms with Crippen LogP contribution < -0.4 is 0 Å². The molecule has 0 fully saturated rings. The number of hydrogen-bond donors (Lipinski definition) is 2. The van der Waals surface area contributed by atoms with E-state index in [-0.39, 0.29) is 24.2 Å². The van der Waals surface area contributed by atoms with Crippen molar-refractivity contribution in [3.8, 4) is 0 Å². The van der Waals surface area contributed by atoms with Gasteiger partial charge in [-0.05, 0) is 58.3 Å². The molecule has 11 heteroatoms. The minimum absolute atomic E-state index is 0.0504. The lowest BCUT2D eigenvalue weighted by Crippen LogP contribution is -2.55. The van der Waals surface area contributed by atoms with Gasteiger partial charge < -0.3 is 24.7 Å². The van der Waals surface area contributed by atoms with Crippen molar-refractivity contribution in [1.29, 1.82) is 0 Å². The van der Waals surface area contributed by atoms with E-state index in [2.05, 4.69) is 11.1 Å². The zero-order chi connectivity index (χ0) is 30.1. The summed E-state index contributed by atoms with van der Waals surface area (Å²) in [4.78, 5) is 26.3. The molecular weight excluding hydrogens is 529 g/mol. The molecule has 0 spiro atoms. The lowest BCUT2D eigenvalue weighted by molar-refractivity contribution is -0.389. The first-order valence-corrected chi connectivity index (χ1v) is 12.9. The molecule has 0 radical (unpaired) electrons. The van der Waals surface area contributed by atoms with E-state index in [9.17, 15) is 33.2 Å². The number of allylic oxidation sites excluding steroid dienone is 4. The number of H-pyrrole nitrogens is 1. The van der Waals surface area contributed by atoms with Gasteiger partial charge in [0.05, 0.1) is 11.8 Å². The number of aromatic nitrogens is 1. The van der Waals surface area contributed by atoms with Gasteiger partial charge in [-0.25, -0.2) is 9.78 Å². The van der Waals surface area contributed by atoms with Gasteiger partial charge in [-0.2, -0.15) is 13.2 Å². The number of carbonyl (C=O) groups excluding carboxylic acids is 1. The second-order valence-electron chi connectivity index (χ2n) is 10.3. The average Bonchev–Trinajstić information content (AvgIpc) is 3.33. The quantitative estimate of drug-likeness (QED) is 0.114. The molecule has 0 aliphatic carbocycles. The highest BCUT2D eigenvalue weighted by Crippen LogP contribution is 2.44. The van der Waals surface area contributed by atoms with Gasteiger partial charge in [0.2, 0.25) is 0 Å². The van der Waals surface area contributed by atoms with Crippen molar-refractivity contribution in [1.82, 2.24) is 4.98 Å². The largest absolute Gasteiger partial charge is 0.456 e. The summed E-state index contributed by atoms with van der Waals surface area (Å²) >= 11 is 0. The maximum Gasteiger partial charge on any atom is 0.432 e. The van der Waals surface area contributed by atoms with Gasteiger partial charge in [0, 0.05) is 30.7 Å². The number of aromatic amines is 1. The highest BCUT2D eigenvalue weighted by Gasteiger charge is 2.64. The van der Waals surface area contributed by atoms with E-state index in [0.717, 1.165) is 37.7 Å². The molecule has 0 amide bonds. The van der Waals surface area contributed by atoms with Crippen molar-refractivity contribution < 1.29 is 37.5 Å². The number of carbonyl (C=O) groups is 1. The Hall–Kier alpha value is -3.44. The number of benzene rings is 1. The molecule has 40 heavy (non-hydrogen) atoms. The second-order valence-corrected chi connectivity index (χ2v) is 10.3. The Labute approximate surface area is 232 Å². The summed E-state index contributed by atoms with van der Waals surface area (Å²) in [6.07, 6.45) is 0.412. The van der Waals surface area contributed by atoms with E-state index in [0.29, 0.717) is 6.42 Å². The number of hydrogen-bond acceptors (Lipinski definition) is 6. The van der Waals surface area contributed by atoms with Crippen LogP contribution in [0.25, 0.3) is 0 Å². The first-order chi connectivity index (χ1) is 18.6. The molecule has 0 aliphatic heterocycles. The molecule has 0 unspecified atom stereocenters. The molecule has 2 N–H and O–H groups in total. The highest BCUT2D eigenvalue weighted by molar-refractivity contribution is 5.83. The molecule has 2 rings (SSSR count). The maximum atomic E-state index is 14.4. The number of alkyl halides is 3. The lowest BCUT2D eigenvalue weighted by atomic mass is 9.88. The molecule has 8 nitrogen and oxygen atoms in total. The average molecular weight is 567 g/mol. The van der Waals surface area contributed by atoms with Gasteiger partial charge in [0.25, 0.3) is 5.60 Å². The second kappa shape index (κ2) is 13.8. The van der Waals surface area contributed by atoms with Crippen LogP contribution in [0.2, 0.25) is 0 Å².